The third-order valence-electron chi connectivity index (χ3n) is 4.56. The minimum Gasteiger partial charge on any atom is -0.357 e. The predicted octanol–water partition coefficient (Wildman–Crippen LogP) is 3.59. The number of hydrogen-bond donors (Lipinski definition) is 2. The number of unbranched alkanes of at least 4 members (excludes halogenated alkanes) is 1. The van der Waals surface area contributed by atoms with Crippen molar-refractivity contribution in [3.05, 3.63) is 16.1 Å². The van der Waals surface area contributed by atoms with Gasteiger partial charge in [-0.25, -0.2) is 9.98 Å². The van der Waals surface area contributed by atoms with Crippen LogP contribution in [0.25, 0.3) is 0 Å². The molecule has 1 saturated heterocycles. The summed E-state index contributed by atoms with van der Waals surface area (Å²) in [5.74, 6) is 1.42. The molecule has 2 heterocycles. The average Bonchev–Trinajstić information content (AvgIpc) is 3.08. The Bertz CT molecular complexity index is 518. The first-order chi connectivity index (χ1) is 12.1. The molecule has 0 unspecified atom stereocenters. The van der Waals surface area contributed by atoms with Gasteiger partial charge in [0.1, 0.15) is 0 Å². The molecule has 0 spiro atoms. The number of likely N-dealkylation sites (tertiary alicyclic amines) is 1. The molecule has 5 nitrogen and oxygen atoms in total. The third-order valence-corrected chi connectivity index (χ3v) is 5.76. The molecule has 0 amide bonds. The fraction of sp³-hybridized carbons (Fsp3) is 0.789. The smallest absolute Gasteiger partial charge is 0.191 e. The van der Waals surface area contributed by atoms with Crippen LogP contribution in [0, 0.1) is 0 Å². The van der Waals surface area contributed by atoms with Gasteiger partial charge in [-0.2, -0.15) is 0 Å². The van der Waals surface area contributed by atoms with E-state index in [1.807, 2.05) is 0 Å². The highest BCUT2D eigenvalue weighted by atomic mass is 32.1. The Balaban J connectivity index is 1.83. The standard InChI is InChI=1S/C19H35N5S/c1-5-7-10-24-11-8-16(9-12-24)23-19(20-6-2)21-13-17-14-25-18(22-17)15(3)4/h14-16H,5-13H2,1-4H3,(H2,20,21,23). The van der Waals surface area contributed by atoms with Gasteiger partial charge in [0, 0.05) is 37.0 Å². The van der Waals surface area contributed by atoms with Gasteiger partial charge in [-0.05, 0) is 32.7 Å². The van der Waals surface area contributed by atoms with Crippen LogP contribution in [0.4, 0.5) is 0 Å². The van der Waals surface area contributed by atoms with Crippen LogP contribution >= 0.6 is 11.3 Å². The van der Waals surface area contributed by atoms with Gasteiger partial charge in [-0.3, -0.25) is 0 Å². The van der Waals surface area contributed by atoms with Crippen LogP contribution in [0.5, 0.6) is 0 Å². The van der Waals surface area contributed by atoms with E-state index in [9.17, 15) is 0 Å². The lowest BCUT2D eigenvalue weighted by molar-refractivity contribution is 0.203. The van der Waals surface area contributed by atoms with Gasteiger partial charge in [0.2, 0.25) is 0 Å². The number of hydrogen-bond acceptors (Lipinski definition) is 4. The quantitative estimate of drug-likeness (QED) is 0.546. The molecule has 1 aromatic heterocycles. The van der Waals surface area contributed by atoms with Gasteiger partial charge in [0.25, 0.3) is 0 Å². The number of aliphatic imine (C=N–C) groups is 1. The molecule has 0 saturated carbocycles. The summed E-state index contributed by atoms with van der Waals surface area (Å²) in [6, 6.07) is 0.525. The molecule has 0 aliphatic carbocycles. The maximum Gasteiger partial charge on any atom is 0.191 e. The number of nitrogens with one attached hydrogen (secondary N) is 2. The zero-order chi connectivity index (χ0) is 18.1. The number of rotatable bonds is 8. The number of thiazole rings is 1. The summed E-state index contributed by atoms with van der Waals surface area (Å²) in [6.45, 7) is 13.9. The summed E-state index contributed by atoms with van der Waals surface area (Å²) in [5.41, 5.74) is 1.07. The molecule has 2 N–H and O–H groups in total. The molecule has 0 atom stereocenters. The topological polar surface area (TPSA) is 52.5 Å². The van der Waals surface area contributed by atoms with Crippen LogP contribution in [0.2, 0.25) is 0 Å². The molecule has 142 valence electrons. The summed E-state index contributed by atoms with van der Waals surface area (Å²) >= 11 is 1.74. The lowest BCUT2D eigenvalue weighted by Crippen LogP contribution is -2.48. The number of guanidine groups is 1. The largest absolute Gasteiger partial charge is 0.357 e. The van der Waals surface area contributed by atoms with Gasteiger partial charge in [-0.15, -0.1) is 11.3 Å². The molecule has 1 aromatic rings. The molecular weight excluding hydrogens is 330 g/mol. The fourth-order valence-corrected chi connectivity index (χ4v) is 3.84. The minimum absolute atomic E-state index is 0.493. The molecule has 2 rings (SSSR count). The van der Waals surface area contributed by atoms with Crippen molar-refractivity contribution in [2.45, 2.75) is 71.9 Å². The van der Waals surface area contributed by atoms with Crippen LogP contribution < -0.4 is 10.6 Å². The van der Waals surface area contributed by atoms with Crippen molar-refractivity contribution in [3.8, 4) is 0 Å². The molecular formula is C19H35N5S. The lowest BCUT2D eigenvalue weighted by Gasteiger charge is -2.33. The van der Waals surface area contributed by atoms with E-state index in [1.54, 1.807) is 11.3 Å². The highest BCUT2D eigenvalue weighted by molar-refractivity contribution is 7.09. The van der Waals surface area contributed by atoms with E-state index in [4.69, 9.17) is 4.99 Å². The second-order valence-electron chi connectivity index (χ2n) is 7.14. The summed E-state index contributed by atoms with van der Waals surface area (Å²) in [7, 11) is 0. The molecule has 0 aromatic carbocycles. The molecule has 1 aliphatic rings. The first kappa shape index (κ1) is 20.2. The second-order valence-corrected chi connectivity index (χ2v) is 8.03. The Morgan fingerprint density at radius 1 is 1.36 bits per heavy atom. The third kappa shape index (κ3) is 6.94. The maximum atomic E-state index is 4.74. The van der Waals surface area contributed by atoms with E-state index in [-0.39, 0.29) is 0 Å². The first-order valence-electron chi connectivity index (χ1n) is 9.83. The molecule has 0 bridgehead atoms. The Morgan fingerprint density at radius 3 is 2.72 bits per heavy atom. The Kier molecular flexibility index (Phi) is 8.68. The summed E-state index contributed by atoms with van der Waals surface area (Å²) in [4.78, 5) is 12.0. The fourth-order valence-electron chi connectivity index (χ4n) is 3.02. The van der Waals surface area contributed by atoms with Crippen LogP contribution in [-0.4, -0.2) is 48.1 Å². The average molecular weight is 366 g/mol. The minimum atomic E-state index is 0.493. The number of piperidine rings is 1. The van der Waals surface area contributed by atoms with Crippen molar-refractivity contribution in [3.63, 3.8) is 0 Å². The Morgan fingerprint density at radius 2 is 2.12 bits per heavy atom. The van der Waals surface area contributed by atoms with Crippen molar-refractivity contribution in [1.82, 2.24) is 20.5 Å². The maximum absolute atomic E-state index is 4.74. The van der Waals surface area contributed by atoms with Crippen molar-refractivity contribution >= 4 is 17.3 Å². The van der Waals surface area contributed by atoms with E-state index in [2.05, 4.69) is 53.6 Å². The van der Waals surface area contributed by atoms with Crippen molar-refractivity contribution < 1.29 is 0 Å². The van der Waals surface area contributed by atoms with Gasteiger partial charge in [0.05, 0.1) is 17.2 Å². The Hall–Kier alpha value is -1.14. The molecule has 0 radical (unpaired) electrons. The van der Waals surface area contributed by atoms with Crippen LogP contribution in [-0.2, 0) is 6.54 Å². The summed E-state index contributed by atoms with van der Waals surface area (Å²) in [6.07, 6.45) is 4.99. The van der Waals surface area contributed by atoms with E-state index in [0.29, 0.717) is 18.5 Å². The normalized spacial score (nSPS) is 17.2. The van der Waals surface area contributed by atoms with Crippen molar-refractivity contribution in [2.24, 2.45) is 4.99 Å². The van der Waals surface area contributed by atoms with Crippen molar-refractivity contribution in [2.75, 3.05) is 26.2 Å². The van der Waals surface area contributed by atoms with Gasteiger partial charge in [0.15, 0.2) is 5.96 Å². The second kappa shape index (κ2) is 10.8. The van der Waals surface area contributed by atoms with E-state index in [1.165, 1.54) is 50.3 Å². The first-order valence-corrected chi connectivity index (χ1v) is 10.7. The van der Waals surface area contributed by atoms with E-state index >= 15 is 0 Å². The highest BCUT2D eigenvalue weighted by Gasteiger charge is 2.19. The van der Waals surface area contributed by atoms with E-state index in [0.717, 1.165) is 18.2 Å². The van der Waals surface area contributed by atoms with Crippen LogP contribution in [0.3, 0.4) is 0 Å². The molecule has 25 heavy (non-hydrogen) atoms. The Labute approximate surface area is 157 Å². The van der Waals surface area contributed by atoms with Gasteiger partial charge < -0.3 is 15.5 Å². The van der Waals surface area contributed by atoms with Gasteiger partial charge >= 0.3 is 0 Å². The zero-order valence-electron chi connectivity index (χ0n) is 16.3. The predicted molar refractivity (Wildman–Crippen MR) is 109 cm³/mol. The zero-order valence-corrected chi connectivity index (χ0v) is 17.2. The van der Waals surface area contributed by atoms with Crippen LogP contribution in [0.15, 0.2) is 10.4 Å². The molecule has 6 heteroatoms. The molecule has 1 aliphatic heterocycles. The highest BCUT2D eigenvalue weighted by Crippen LogP contribution is 2.19. The summed E-state index contributed by atoms with van der Waals surface area (Å²) < 4.78 is 0. The SMILES string of the molecule is CCCCN1CCC(NC(=NCc2csc(C(C)C)n2)NCC)CC1. The van der Waals surface area contributed by atoms with Crippen LogP contribution in [0.1, 0.15) is 70.0 Å². The number of aromatic nitrogens is 1. The molecule has 1 fully saturated rings. The van der Waals surface area contributed by atoms with E-state index < -0.39 is 0 Å². The summed E-state index contributed by atoms with van der Waals surface area (Å²) in [5, 5.41) is 10.3. The monoisotopic (exact) mass is 365 g/mol. The van der Waals surface area contributed by atoms with Gasteiger partial charge in [-0.1, -0.05) is 27.2 Å². The number of nitrogens with zero attached hydrogens (tertiary/aromatic N) is 3. The van der Waals surface area contributed by atoms with Crippen molar-refractivity contribution in [1.29, 1.82) is 0 Å². The lowest BCUT2D eigenvalue weighted by atomic mass is 10.0.